The molecule has 0 saturated carbocycles. The van der Waals surface area contributed by atoms with Gasteiger partial charge >= 0.3 is 0 Å². The van der Waals surface area contributed by atoms with E-state index >= 15 is 0 Å². The monoisotopic (exact) mass is 409 g/mol. The zero-order valence-electron chi connectivity index (χ0n) is 14.8. The third-order valence-corrected chi connectivity index (χ3v) is 5.77. The number of carboxylic acids is 1. The second kappa shape index (κ2) is 7.22. The molecule has 5 nitrogen and oxygen atoms in total. The minimum absolute atomic E-state index is 0.0767. The molecule has 0 aliphatic carbocycles. The van der Waals surface area contributed by atoms with Gasteiger partial charge in [-0.15, -0.1) is 11.3 Å². The zero-order chi connectivity index (χ0) is 19.8. The average molecular weight is 410 g/mol. The van der Waals surface area contributed by atoms with Crippen LogP contribution in [-0.4, -0.2) is 15.5 Å². The van der Waals surface area contributed by atoms with Gasteiger partial charge in [-0.1, -0.05) is 41.9 Å². The first-order valence-electron chi connectivity index (χ1n) is 8.49. The predicted octanol–water partition coefficient (Wildman–Crippen LogP) is 3.50. The normalized spacial score (nSPS) is 11.1. The van der Waals surface area contributed by atoms with E-state index in [0.717, 1.165) is 16.0 Å². The molecule has 0 bridgehead atoms. The standard InChI is InChI=1S/C21H15ClN2O3S/c1-12-17(14-5-7-16(22)8-6-14)18-19(28-12)23-11-24(20(18)25)10-13-3-2-4-15(9-13)21(26)27/h2-9,11H,10H2,1H3,(H,26,27)/p-1. The first-order valence-corrected chi connectivity index (χ1v) is 9.68. The van der Waals surface area contributed by atoms with E-state index in [1.54, 1.807) is 24.3 Å². The Kier molecular flexibility index (Phi) is 4.75. The van der Waals surface area contributed by atoms with E-state index in [4.69, 9.17) is 11.6 Å². The fraction of sp³-hybridized carbons (Fsp3) is 0.0952. The number of carbonyl (C=O) groups is 1. The van der Waals surface area contributed by atoms with Crippen molar-refractivity contribution in [3.8, 4) is 11.1 Å². The summed E-state index contributed by atoms with van der Waals surface area (Å²) in [6.45, 7) is 2.18. The summed E-state index contributed by atoms with van der Waals surface area (Å²) in [5.41, 5.74) is 2.35. The molecule has 4 aromatic rings. The highest BCUT2D eigenvalue weighted by molar-refractivity contribution is 7.19. The highest BCUT2D eigenvalue weighted by Crippen LogP contribution is 2.35. The second-order valence-corrected chi connectivity index (χ2v) is 8.03. The highest BCUT2D eigenvalue weighted by Gasteiger charge is 2.17. The summed E-state index contributed by atoms with van der Waals surface area (Å²) in [5.74, 6) is -1.25. The Morgan fingerprint density at radius 2 is 1.96 bits per heavy atom. The lowest BCUT2D eigenvalue weighted by atomic mass is 10.0. The number of thiophene rings is 1. The highest BCUT2D eigenvalue weighted by atomic mass is 35.5. The largest absolute Gasteiger partial charge is 0.545 e. The molecule has 0 N–H and O–H groups in total. The number of aryl methyl sites for hydroxylation is 1. The van der Waals surface area contributed by atoms with Gasteiger partial charge in [0.05, 0.1) is 24.2 Å². The number of benzene rings is 2. The van der Waals surface area contributed by atoms with Crippen LogP contribution in [0, 0.1) is 6.92 Å². The van der Waals surface area contributed by atoms with Gasteiger partial charge in [-0.3, -0.25) is 9.36 Å². The molecule has 0 spiro atoms. The summed E-state index contributed by atoms with van der Waals surface area (Å²) in [7, 11) is 0. The number of aromatic nitrogens is 2. The summed E-state index contributed by atoms with van der Waals surface area (Å²) in [6, 6.07) is 13.7. The van der Waals surface area contributed by atoms with Gasteiger partial charge in [0.15, 0.2) is 0 Å². The molecule has 0 amide bonds. The van der Waals surface area contributed by atoms with Gasteiger partial charge in [-0.05, 0) is 41.8 Å². The number of fused-ring (bicyclic) bond motifs is 1. The van der Waals surface area contributed by atoms with Gasteiger partial charge < -0.3 is 9.90 Å². The van der Waals surface area contributed by atoms with Crippen LogP contribution >= 0.6 is 22.9 Å². The fourth-order valence-corrected chi connectivity index (χ4v) is 4.34. The van der Waals surface area contributed by atoms with E-state index in [1.165, 1.54) is 34.4 Å². The van der Waals surface area contributed by atoms with Crippen molar-refractivity contribution >= 4 is 39.1 Å². The van der Waals surface area contributed by atoms with E-state index in [1.807, 2.05) is 19.1 Å². The third-order valence-electron chi connectivity index (χ3n) is 4.50. The Morgan fingerprint density at radius 3 is 2.68 bits per heavy atom. The van der Waals surface area contributed by atoms with Crippen LogP contribution in [0.3, 0.4) is 0 Å². The molecule has 2 aromatic heterocycles. The number of hydrogen-bond donors (Lipinski definition) is 0. The van der Waals surface area contributed by atoms with Crippen molar-refractivity contribution in [1.29, 1.82) is 0 Å². The summed E-state index contributed by atoms with van der Waals surface area (Å²) < 4.78 is 1.49. The van der Waals surface area contributed by atoms with Crippen molar-refractivity contribution in [1.82, 2.24) is 9.55 Å². The van der Waals surface area contributed by atoms with Gasteiger partial charge in [0.2, 0.25) is 0 Å². The van der Waals surface area contributed by atoms with Gasteiger partial charge in [-0.2, -0.15) is 0 Å². The Bertz CT molecular complexity index is 1260. The van der Waals surface area contributed by atoms with E-state index in [-0.39, 0.29) is 17.7 Å². The van der Waals surface area contributed by atoms with Crippen molar-refractivity contribution in [2.45, 2.75) is 13.5 Å². The van der Waals surface area contributed by atoms with Crippen LogP contribution in [0.25, 0.3) is 21.3 Å². The Morgan fingerprint density at radius 1 is 1.21 bits per heavy atom. The number of carbonyl (C=O) groups excluding carboxylic acids is 1. The molecule has 0 atom stereocenters. The van der Waals surface area contributed by atoms with Gasteiger partial charge in [-0.25, -0.2) is 4.98 Å². The molecule has 0 aliphatic rings. The summed E-state index contributed by atoms with van der Waals surface area (Å²) in [6.07, 6.45) is 1.50. The first kappa shape index (κ1) is 18.4. The SMILES string of the molecule is Cc1sc2ncn(Cc3cccc(C(=O)[O-])c3)c(=O)c2c1-c1ccc(Cl)cc1. The van der Waals surface area contributed by atoms with Crippen LogP contribution in [0.15, 0.2) is 59.7 Å². The molecule has 4 rings (SSSR count). The van der Waals surface area contributed by atoms with Crippen molar-refractivity contribution in [2.75, 3.05) is 0 Å². The van der Waals surface area contributed by atoms with E-state index in [0.29, 0.717) is 20.8 Å². The molecule has 7 heteroatoms. The van der Waals surface area contributed by atoms with Crippen LogP contribution < -0.4 is 10.7 Å². The zero-order valence-corrected chi connectivity index (χ0v) is 16.4. The topological polar surface area (TPSA) is 75.0 Å². The lowest BCUT2D eigenvalue weighted by Gasteiger charge is -2.09. The number of hydrogen-bond acceptors (Lipinski definition) is 5. The molecule has 28 heavy (non-hydrogen) atoms. The molecule has 0 unspecified atom stereocenters. The van der Waals surface area contributed by atoms with Gasteiger partial charge in [0.1, 0.15) is 4.83 Å². The smallest absolute Gasteiger partial charge is 0.263 e. The lowest BCUT2D eigenvalue weighted by molar-refractivity contribution is -0.255. The Labute approximate surface area is 169 Å². The number of halogens is 1. The lowest BCUT2D eigenvalue weighted by Crippen LogP contribution is -2.23. The van der Waals surface area contributed by atoms with Gasteiger partial charge in [0.25, 0.3) is 5.56 Å². The number of carboxylic acid groups (broad SMARTS) is 1. The van der Waals surface area contributed by atoms with Gasteiger partial charge in [0, 0.05) is 15.5 Å². The minimum Gasteiger partial charge on any atom is -0.545 e. The Balaban J connectivity index is 1.84. The molecular formula is C21H14ClN2O3S-. The average Bonchev–Trinajstić information content (AvgIpc) is 3.02. The summed E-state index contributed by atoms with van der Waals surface area (Å²) in [5, 5.41) is 12.3. The number of nitrogens with zero attached hydrogens (tertiary/aromatic N) is 2. The minimum atomic E-state index is -1.25. The molecule has 2 aromatic carbocycles. The van der Waals surface area contributed by atoms with Crippen molar-refractivity contribution in [3.05, 3.63) is 86.2 Å². The van der Waals surface area contributed by atoms with E-state index in [9.17, 15) is 14.7 Å². The van der Waals surface area contributed by atoms with Crippen LogP contribution in [0.5, 0.6) is 0 Å². The third kappa shape index (κ3) is 3.32. The van der Waals surface area contributed by atoms with E-state index < -0.39 is 5.97 Å². The number of rotatable bonds is 4. The molecule has 0 fully saturated rings. The number of aromatic carboxylic acids is 1. The van der Waals surface area contributed by atoms with Crippen molar-refractivity contribution < 1.29 is 9.90 Å². The maximum atomic E-state index is 13.2. The van der Waals surface area contributed by atoms with Crippen LogP contribution in [0.1, 0.15) is 20.8 Å². The fourth-order valence-electron chi connectivity index (χ4n) is 3.21. The van der Waals surface area contributed by atoms with Crippen LogP contribution in [0.2, 0.25) is 5.02 Å². The predicted molar refractivity (Wildman–Crippen MR) is 109 cm³/mol. The summed E-state index contributed by atoms with van der Waals surface area (Å²) >= 11 is 7.46. The van der Waals surface area contributed by atoms with Crippen LogP contribution in [0.4, 0.5) is 0 Å². The molecule has 0 radical (unpaired) electrons. The molecule has 0 aliphatic heterocycles. The maximum Gasteiger partial charge on any atom is 0.263 e. The molecular weight excluding hydrogens is 396 g/mol. The van der Waals surface area contributed by atoms with E-state index in [2.05, 4.69) is 4.98 Å². The van der Waals surface area contributed by atoms with Crippen molar-refractivity contribution in [3.63, 3.8) is 0 Å². The molecule has 2 heterocycles. The quantitative estimate of drug-likeness (QED) is 0.517. The first-order chi connectivity index (χ1) is 13.4. The second-order valence-electron chi connectivity index (χ2n) is 6.39. The maximum absolute atomic E-state index is 13.2. The van der Waals surface area contributed by atoms with Crippen molar-refractivity contribution in [2.24, 2.45) is 0 Å². The molecule has 0 saturated heterocycles. The molecule has 140 valence electrons. The van der Waals surface area contributed by atoms with Crippen LogP contribution in [-0.2, 0) is 6.54 Å². The summed E-state index contributed by atoms with van der Waals surface area (Å²) in [4.78, 5) is 30.4. The Hall–Kier alpha value is -2.96.